The van der Waals surface area contributed by atoms with Crippen molar-refractivity contribution in [1.29, 1.82) is 0 Å². The summed E-state index contributed by atoms with van der Waals surface area (Å²) in [7, 11) is -4.74. The van der Waals surface area contributed by atoms with Crippen molar-refractivity contribution in [2.45, 2.75) is 62.5 Å². The maximum absolute atomic E-state index is 11.5. The molecule has 0 spiro atoms. The second-order valence-corrected chi connectivity index (χ2v) is 10.4. The van der Waals surface area contributed by atoms with Crippen molar-refractivity contribution in [1.82, 2.24) is 0 Å². The highest BCUT2D eigenvalue weighted by Crippen LogP contribution is 2.39. The van der Waals surface area contributed by atoms with Crippen molar-refractivity contribution in [2.75, 3.05) is 39.6 Å². The Hall–Kier alpha value is -0.220. The molecular formula is C19H34O15S2. The van der Waals surface area contributed by atoms with Gasteiger partial charge in [0.05, 0.1) is 51.3 Å². The van der Waals surface area contributed by atoms with Crippen LogP contribution < -0.4 is 0 Å². The van der Waals surface area contributed by atoms with Crippen LogP contribution in [-0.4, -0.2) is 116 Å². The molecule has 3 aliphatic rings. The number of hydrogen-bond acceptors (Lipinski definition) is 15. The second-order valence-electron chi connectivity index (χ2n) is 8.84. The highest BCUT2D eigenvalue weighted by atomic mass is 32.3. The Morgan fingerprint density at radius 2 is 1.81 bits per heavy atom. The molecule has 0 aromatic rings. The third-order valence-corrected chi connectivity index (χ3v) is 7.69. The summed E-state index contributed by atoms with van der Waals surface area (Å²) in [5, 5.41) is 41.9. The van der Waals surface area contributed by atoms with Crippen LogP contribution in [0, 0.1) is 17.8 Å². The number of fused-ring (bicyclic) bond motifs is 2. The van der Waals surface area contributed by atoms with Gasteiger partial charge in [0, 0.05) is 24.4 Å². The zero-order valence-electron chi connectivity index (χ0n) is 19.6. The van der Waals surface area contributed by atoms with Crippen LogP contribution in [0.4, 0.5) is 0 Å². The van der Waals surface area contributed by atoms with E-state index in [0.29, 0.717) is 19.4 Å². The normalized spacial score (nSPS) is 39.6. The lowest BCUT2D eigenvalue weighted by atomic mass is 9.79. The van der Waals surface area contributed by atoms with E-state index in [2.05, 4.69) is 9.37 Å². The van der Waals surface area contributed by atoms with Gasteiger partial charge in [-0.3, -0.25) is 8.74 Å². The third-order valence-electron chi connectivity index (χ3n) is 6.81. The number of ether oxygens (including phenoxy) is 4. The molecule has 212 valence electrons. The summed E-state index contributed by atoms with van der Waals surface area (Å²) >= 11 is 0.240. The molecule has 36 heavy (non-hydrogen) atoms. The molecule has 15 nitrogen and oxygen atoms in total. The van der Waals surface area contributed by atoms with E-state index in [0.717, 1.165) is 0 Å². The molecule has 10 atom stereocenters. The number of rotatable bonds is 13. The zero-order valence-corrected chi connectivity index (χ0v) is 21.2. The van der Waals surface area contributed by atoms with E-state index in [4.69, 9.17) is 32.6 Å². The molecule has 0 aromatic heterocycles. The van der Waals surface area contributed by atoms with Crippen molar-refractivity contribution in [3.63, 3.8) is 0 Å². The Kier molecular flexibility index (Phi) is 12.0. The largest absolute Gasteiger partial charge is 0.397 e. The zero-order chi connectivity index (χ0) is 26.3. The molecule has 0 aliphatic carbocycles. The van der Waals surface area contributed by atoms with Crippen molar-refractivity contribution >= 4 is 22.7 Å². The van der Waals surface area contributed by atoms with Gasteiger partial charge in [-0.1, -0.05) is 12.0 Å². The lowest BCUT2D eigenvalue weighted by Crippen LogP contribution is -2.58. The summed E-state index contributed by atoms with van der Waals surface area (Å²) in [4.78, 5) is 0. The molecule has 5 N–H and O–H groups in total. The standard InChI is InChI=1S/C19H34O15S2/c1-2-13-19(32-36(24,25)26)12-8-27-4-3-14(29-13)11(12)7-28-9-16-17(22)10(5-20)18(15(6-21)30-16)31-35-34-33-23/h10-23H,2-9H2,1H3,(H,24,25,26)/t10-,11+,12+,13+,14?,15?,16-,17?,18-,19?/m0/s1. The number of aliphatic hydroxyl groups is 3. The van der Waals surface area contributed by atoms with Crippen LogP contribution in [-0.2, 0) is 47.1 Å². The van der Waals surface area contributed by atoms with Crippen molar-refractivity contribution < 1.29 is 70.2 Å². The first-order chi connectivity index (χ1) is 17.2. The first-order valence-corrected chi connectivity index (χ1v) is 13.6. The van der Waals surface area contributed by atoms with E-state index in [1.165, 1.54) is 0 Å². The van der Waals surface area contributed by atoms with E-state index >= 15 is 0 Å². The van der Waals surface area contributed by atoms with Gasteiger partial charge in [-0.2, -0.15) is 8.42 Å². The summed E-state index contributed by atoms with van der Waals surface area (Å²) in [5.74, 6) is -1.67. The van der Waals surface area contributed by atoms with Gasteiger partial charge >= 0.3 is 10.4 Å². The smallest absolute Gasteiger partial charge is 0.396 e. The van der Waals surface area contributed by atoms with Crippen molar-refractivity contribution in [3.8, 4) is 0 Å². The fourth-order valence-corrected chi connectivity index (χ4v) is 6.06. The second kappa shape index (κ2) is 14.2. The van der Waals surface area contributed by atoms with Gasteiger partial charge in [-0.05, 0) is 12.8 Å². The lowest BCUT2D eigenvalue weighted by molar-refractivity contribution is -0.434. The molecule has 3 fully saturated rings. The van der Waals surface area contributed by atoms with E-state index in [9.17, 15) is 28.3 Å². The third kappa shape index (κ3) is 7.67. The fraction of sp³-hybridized carbons (Fsp3) is 1.00. The summed E-state index contributed by atoms with van der Waals surface area (Å²) < 4.78 is 69.9. The van der Waals surface area contributed by atoms with E-state index < -0.39 is 72.1 Å². The molecule has 3 rings (SSSR count). The van der Waals surface area contributed by atoms with Gasteiger partial charge < -0.3 is 34.3 Å². The summed E-state index contributed by atoms with van der Waals surface area (Å²) in [5.41, 5.74) is 0. The van der Waals surface area contributed by atoms with Crippen LogP contribution in [0.2, 0.25) is 0 Å². The molecule has 0 saturated carbocycles. The van der Waals surface area contributed by atoms with Crippen LogP contribution in [0.5, 0.6) is 0 Å². The van der Waals surface area contributed by atoms with E-state index in [-0.39, 0.29) is 44.2 Å². The first kappa shape index (κ1) is 30.3. The Morgan fingerprint density at radius 3 is 2.44 bits per heavy atom. The summed E-state index contributed by atoms with van der Waals surface area (Å²) in [6.45, 7) is 1.36. The van der Waals surface area contributed by atoms with Crippen molar-refractivity contribution in [2.24, 2.45) is 17.8 Å². The number of hydrogen-bond donors (Lipinski definition) is 5. The van der Waals surface area contributed by atoms with Gasteiger partial charge in [-0.25, -0.2) is 9.44 Å². The van der Waals surface area contributed by atoms with Gasteiger partial charge in [0.2, 0.25) is 0 Å². The Labute approximate surface area is 213 Å². The van der Waals surface area contributed by atoms with Gasteiger partial charge in [0.15, 0.2) is 12.3 Å². The SMILES string of the molecule is CC[C@H]1OC2CCOC[C@@H](C1OS(=O)(=O)O)[C@H]2COC[C@@H]1OC(CO)[C@@H](OSOOO)[C@@H](CO)C1O. The molecule has 2 bridgehead atoms. The minimum Gasteiger partial charge on any atom is -0.396 e. The molecule has 0 amide bonds. The predicted octanol–water partition coefficient (Wildman–Crippen LogP) is -0.880. The molecule has 3 saturated heterocycles. The summed E-state index contributed by atoms with van der Waals surface area (Å²) in [6.07, 6.45) is -4.95. The van der Waals surface area contributed by atoms with Crippen LogP contribution in [0.15, 0.2) is 0 Å². The minimum absolute atomic E-state index is 0.0814. The quantitative estimate of drug-likeness (QED) is 0.0602. The molecule has 17 heteroatoms. The number of aliphatic hydroxyl groups excluding tert-OH is 3. The van der Waals surface area contributed by atoms with Crippen molar-refractivity contribution in [3.05, 3.63) is 0 Å². The van der Waals surface area contributed by atoms with Crippen LogP contribution in [0.25, 0.3) is 0 Å². The Bertz CT molecular complexity index is 757. The molecule has 3 aliphatic heterocycles. The summed E-state index contributed by atoms with van der Waals surface area (Å²) in [6, 6.07) is 0. The van der Waals surface area contributed by atoms with Crippen LogP contribution in [0.3, 0.4) is 0 Å². The average Bonchev–Trinajstić information content (AvgIpc) is 2.98. The Morgan fingerprint density at radius 1 is 1.03 bits per heavy atom. The van der Waals surface area contributed by atoms with E-state index in [1.54, 1.807) is 0 Å². The predicted molar refractivity (Wildman–Crippen MR) is 118 cm³/mol. The maximum Gasteiger partial charge on any atom is 0.397 e. The van der Waals surface area contributed by atoms with E-state index in [1.807, 2.05) is 6.92 Å². The first-order valence-electron chi connectivity index (χ1n) is 11.6. The minimum atomic E-state index is -4.74. The monoisotopic (exact) mass is 566 g/mol. The molecule has 3 heterocycles. The highest BCUT2D eigenvalue weighted by Gasteiger charge is 2.49. The average molecular weight is 567 g/mol. The molecule has 0 aromatic carbocycles. The van der Waals surface area contributed by atoms with Crippen LogP contribution >= 0.6 is 12.3 Å². The highest BCUT2D eigenvalue weighted by molar-refractivity contribution is 7.89. The lowest BCUT2D eigenvalue weighted by Gasteiger charge is -2.45. The van der Waals surface area contributed by atoms with Gasteiger partial charge in [0.25, 0.3) is 0 Å². The maximum atomic E-state index is 11.5. The van der Waals surface area contributed by atoms with Gasteiger partial charge in [0.1, 0.15) is 24.4 Å². The van der Waals surface area contributed by atoms with Crippen LogP contribution in [0.1, 0.15) is 19.8 Å². The molecule has 4 unspecified atom stereocenters. The fourth-order valence-electron chi connectivity index (χ4n) is 5.10. The Balaban J connectivity index is 1.65. The van der Waals surface area contributed by atoms with Gasteiger partial charge in [-0.15, -0.1) is 4.33 Å². The topological polar surface area (TPSA) is 209 Å². The molecular weight excluding hydrogens is 532 g/mol. The molecule has 0 radical (unpaired) electrons.